The summed E-state index contributed by atoms with van der Waals surface area (Å²) in [4.78, 5) is 8.75. The van der Waals surface area contributed by atoms with Crippen LogP contribution in [0, 0.1) is 13.8 Å². The summed E-state index contributed by atoms with van der Waals surface area (Å²) >= 11 is 0. The molecule has 1 N–H and O–H groups in total. The number of aromatic nitrogens is 2. The number of hydrogen-bond acceptors (Lipinski definition) is 3. The van der Waals surface area contributed by atoms with Gasteiger partial charge in [0.2, 0.25) is 0 Å². The molecular formula is C14H17N3. The second-order valence-corrected chi connectivity index (χ2v) is 4.25. The average molecular weight is 227 g/mol. The molecular weight excluding hydrogens is 210 g/mol. The second kappa shape index (κ2) is 5.06. The molecule has 3 nitrogen and oxygen atoms in total. The highest BCUT2D eigenvalue weighted by Gasteiger charge is 2.13. The van der Waals surface area contributed by atoms with Crippen molar-refractivity contribution >= 4 is 0 Å². The zero-order valence-electron chi connectivity index (χ0n) is 10.4. The molecule has 0 aliphatic carbocycles. The summed E-state index contributed by atoms with van der Waals surface area (Å²) in [6, 6.07) is 8.48. The van der Waals surface area contributed by atoms with Crippen molar-refractivity contribution in [2.45, 2.75) is 19.9 Å². The highest BCUT2D eigenvalue weighted by molar-refractivity contribution is 5.28. The third kappa shape index (κ3) is 2.68. The molecule has 0 fully saturated rings. The molecule has 2 aromatic rings. The summed E-state index contributed by atoms with van der Waals surface area (Å²) in [6.45, 7) is 4.07. The molecule has 0 amide bonds. The molecule has 1 aromatic carbocycles. The molecule has 0 spiro atoms. The Morgan fingerprint density at radius 2 is 1.53 bits per heavy atom. The largest absolute Gasteiger partial charge is 0.307 e. The Balaban J connectivity index is 2.33. The van der Waals surface area contributed by atoms with Gasteiger partial charge in [-0.2, -0.15) is 0 Å². The Morgan fingerprint density at radius 3 is 2.06 bits per heavy atom. The lowest BCUT2D eigenvalue weighted by Gasteiger charge is -2.15. The fraction of sp³-hybridized carbons (Fsp3) is 0.286. The molecule has 0 aliphatic heterocycles. The van der Waals surface area contributed by atoms with Gasteiger partial charge in [0.05, 0.1) is 6.04 Å². The van der Waals surface area contributed by atoms with Gasteiger partial charge in [-0.05, 0) is 32.0 Å². The Morgan fingerprint density at radius 1 is 0.941 bits per heavy atom. The number of hydrogen-bond donors (Lipinski definition) is 1. The lowest BCUT2D eigenvalue weighted by Crippen LogP contribution is -2.20. The normalized spacial score (nSPS) is 12.4. The van der Waals surface area contributed by atoms with E-state index in [4.69, 9.17) is 0 Å². The lowest BCUT2D eigenvalue weighted by molar-refractivity contribution is 0.645. The molecule has 3 heteroatoms. The maximum absolute atomic E-state index is 4.37. The van der Waals surface area contributed by atoms with Gasteiger partial charge in [-0.3, -0.25) is 0 Å². The Labute approximate surface area is 102 Å². The number of rotatable bonds is 3. The van der Waals surface area contributed by atoms with Crippen LogP contribution in [0.2, 0.25) is 0 Å². The van der Waals surface area contributed by atoms with Crippen molar-refractivity contribution in [1.29, 1.82) is 0 Å². The average Bonchev–Trinajstić information content (AvgIpc) is 2.35. The summed E-state index contributed by atoms with van der Waals surface area (Å²) < 4.78 is 0. The van der Waals surface area contributed by atoms with Crippen LogP contribution in [0.25, 0.3) is 0 Å². The monoisotopic (exact) mass is 227 g/mol. The summed E-state index contributed by atoms with van der Waals surface area (Å²) in [5.74, 6) is 0.807. The molecule has 88 valence electrons. The number of nitrogens with one attached hydrogen (secondary N) is 1. The summed E-state index contributed by atoms with van der Waals surface area (Å²) in [5, 5.41) is 3.25. The SMILES string of the molecule is CNC(c1ccc(C)cc1)c1ncc(C)cn1. The molecule has 1 heterocycles. The van der Waals surface area contributed by atoms with E-state index in [1.807, 2.05) is 26.4 Å². The second-order valence-electron chi connectivity index (χ2n) is 4.25. The van der Waals surface area contributed by atoms with E-state index in [0.29, 0.717) is 0 Å². The van der Waals surface area contributed by atoms with Gasteiger partial charge >= 0.3 is 0 Å². The van der Waals surface area contributed by atoms with Crippen molar-refractivity contribution < 1.29 is 0 Å². The van der Waals surface area contributed by atoms with Crippen molar-refractivity contribution in [1.82, 2.24) is 15.3 Å². The van der Waals surface area contributed by atoms with E-state index < -0.39 is 0 Å². The summed E-state index contributed by atoms with van der Waals surface area (Å²) in [5.41, 5.74) is 3.52. The zero-order valence-corrected chi connectivity index (χ0v) is 10.4. The van der Waals surface area contributed by atoms with Gasteiger partial charge in [0.15, 0.2) is 0 Å². The predicted octanol–water partition coefficient (Wildman–Crippen LogP) is 2.40. The van der Waals surface area contributed by atoms with Crippen LogP contribution in [0.3, 0.4) is 0 Å². The van der Waals surface area contributed by atoms with Crippen LogP contribution < -0.4 is 5.32 Å². The van der Waals surface area contributed by atoms with Crippen molar-refractivity contribution in [3.05, 3.63) is 59.2 Å². The highest BCUT2D eigenvalue weighted by atomic mass is 15.0. The number of nitrogens with zero attached hydrogens (tertiary/aromatic N) is 2. The quantitative estimate of drug-likeness (QED) is 0.875. The Kier molecular flexibility index (Phi) is 3.49. The molecule has 0 aliphatic rings. The molecule has 1 aromatic heterocycles. The van der Waals surface area contributed by atoms with E-state index >= 15 is 0 Å². The smallest absolute Gasteiger partial charge is 0.149 e. The maximum atomic E-state index is 4.37. The molecule has 1 atom stereocenters. The van der Waals surface area contributed by atoms with Gasteiger partial charge in [-0.15, -0.1) is 0 Å². The maximum Gasteiger partial charge on any atom is 0.149 e. The Bertz CT molecular complexity index is 428. The fourth-order valence-corrected chi connectivity index (χ4v) is 1.76. The van der Waals surface area contributed by atoms with E-state index in [0.717, 1.165) is 11.4 Å². The molecule has 1 unspecified atom stereocenters. The summed E-state index contributed by atoms with van der Waals surface area (Å²) in [6.07, 6.45) is 3.70. The van der Waals surface area contributed by atoms with Gasteiger partial charge in [-0.1, -0.05) is 29.8 Å². The minimum Gasteiger partial charge on any atom is -0.307 e. The third-order valence-corrected chi connectivity index (χ3v) is 2.76. The minimum absolute atomic E-state index is 0.0520. The number of aryl methyl sites for hydroxylation is 2. The van der Waals surface area contributed by atoms with Crippen LogP contribution in [-0.2, 0) is 0 Å². The van der Waals surface area contributed by atoms with Crippen LogP contribution in [-0.4, -0.2) is 17.0 Å². The van der Waals surface area contributed by atoms with Gasteiger partial charge in [0.25, 0.3) is 0 Å². The van der Waals surface area contributed by atoms with Gasteiger partial charge in [-0.25, -0.2) is 9.97 Å². The van der Waals surface area contributed by atoms with Gasteiger partial charge in [0, 0.05) is 12.4 Å². The summed E-state index contributed by atoms with van der Waals surface area (Å²) in [7, 11) is 1.92. The first-order valence-corrected chi connectivity index (χ1v) is 5.73. The Hall–Kier alpha value is -1.74. The first-order chi connectivity index (χ1) is 8.20. The molecule has 17 heavy (non-hydrogen) atoms. The standard InChI is InChI=1S/C14H17N3/c1-10-4-6-12(7-5-10)13(15-3)14-16-8-11(2)9-17-14/h4-9,13,15H,1-3H3. The van der Waals surface area contributed by atoms with E-state index in [1.54, 1.807) is 0 Å². The van der Waals surface area contributed by atoms with E-state index in [-0.39, 0.29) is 6.04 Å². The third-order valence-electron chi connectivity index (χ3n) is 2.76. The highest BCUT2D eigenvalue weighted by Crippen LogP contribution is 2.18. The van der Waals surface area contributed by atoms with Crippen LogP contribution in [0.4, 0.5) is 0 Å². The van der Waals surface area contributed by atoms with Crippen LogP contribution in [0.1, 0.15) is 28.6 Å². The topological polar surface area (TPSA) is 37.8 Å². The fourth-order valence-electron chi connectivity index (χ4n) is 1.76. The molecule has 0 saturated heterocycles. The van der Waals surface area contributed by atoms with Crippen molar-refractivity contribution in [2.75, 3.05) is 7.05 Å². The van der Waals surface area contributed by atoms with E-state index in [1.165, 1.54) is 11.1 Å². The first kappa shape index (κ1) is 11.7. The zero-order chi connectivity index (χ0) is 12.3. The first-order valence-electron chi connectivity index (χ1n) is 5.73. The lowest BCUT2D eigenvalue weighted by atomic mass is 10.0. The van der Waals surface area contributed by atoms with Crippen molar-refractivity contribution in [3.63, 3.8) is 0 Å². The van der Waals surface area contributed by atoms with Crippen LogP contribution in [0.15, 0.2) is 36.7 Å². The van der Waals surface area contributed by atoms with Gasteiger partial charge < -0.3 is 5.32 Å². The predicted molar refractivity (Wildman–Crippen MR) is 68.9 cm³/mol. The molecule has 0 saturated carbocycles. The van der Waals surface area contributed by atoms with Crippen molar-refractivity contribution in [2.24, 2.45) is 0 Å². The molecule has 0 radical (unpaired) electrons. The van der Waals surface area contributed by atoms with E-state index in [9.17, 15) is 0 Å². The van der Waals surface area contributed by atoms with Crippen molar-refractivity contribution in [3.8, 4) is 0 Å². The van der Waals surface area contributed by atoms with Gasteiger partial charge in [0.1, 0.15) is 5.82 Å². The van der Waals surface area contributed by atoms with Crippen LogP contribution in [0.5, 0.6) is 0 Å². The minimum atomic E-state index is 0.0520. The molecule has 2 rings (SSSR count). The van der Waals surface area contributed by atoms with E-state index in [2.05, 4.69) is 46.5 Å². The van der Waals surface area contributed by atoms with Crippen LogP contribution >= 0.6 is 0 Å². The number of benzene rings is 1. The molecule has 0 bridgehead atoms.